The molecule has 0 spiro atoms. The lowest BCUT2D eigenvalue weighted by Crippen LogP contribution is -2.44. The molecule has 2 nitrogen and oxygen atoms in total. The van der Waals surface area contributed by atoms with Crippen molar-refractivity contribution in [2.45, 2.75) is 33.2 Å². The van der Waals surface area contributed by atoms with Crippen LogP contribution in [0.1, 0.15) is 37.6 Å². The van der Waals surface area contributed by atoms with E-state index in [1.165, 1.54) is 0 Å². The molecule has 3 heteroatoms. The lowest BCUT2D eigenvalue weighted by molar-refractivity contribution is 0.0900. The Morgan fingerprint density at radius 1 is 1.14 bits per heavy atom. The quantitative estimate of drug-likeness (QED) is 0.821. The van der Waals surface area contributed by atoms with Gasteiger partial charge >= 0.3 is 0 Å². The number of halogens is 1. The fourth-order valence-electron chi connectivity index (χ4n) is 2.40. The molecular formula is C18H22ClNO. The van der Waals surface area contributed by atoms with Gasteiger partial charge in [0.1, 0.15) is 0 Å². The first-order valence-electron chi connectivity index (χ1n) is 7.27. The molecule has 112 valence electrons. The number of nitrogens with one attached hydrogen (secondary N) is 1. The molecule has 1 atom stereocenters. The molecule has 0 fully saturated rings. The summed E-state index contributed by atoms with van der Waals surface area (Å²) in [6.45, 7) is 6.35. The van der Waals surface area contributed by atoms with E-state index in [-0.39, 0.29) is 17.4 Å². The zero-order valence-electron chi connectivity index (χ0n) is 12.8. The maximum Gasteiger partial charge on any atom is 0.251 e. The van der Waals surface area contributed by atoms with E-state index in [4.69, 9.17) is 11.6 Å². The minimum Gasteiger partial charge on any atom is -0.349 e. The molecule has 0 radical (unpaired) electrons. The second-order valence-corrected chi connectivity index (χ2v) is 6.81. The predicted octanol–water partition coefficient (Wildman–Crippen LogP) is 4.61. The fourth-order valence-corrected chi connectivity index (χ4v) is 2.62. The Hall–Kier alpha value is -1.54. The van der Waals surface area contributed by atoms with Crippen LogP contribution in [0.5, 0.6) is 0 Å². The number of hydrogen-bond donors (Lipinski definition) is 1. The van der Waals surface area contributed by atoms with Gasteiger partial charge in [-0.2, -0.15) is 0 Å². The molecular weight excluding hydrogens is 282 g/mol. The van der Waals surface area contributed by atoms with Crippen LogP contribution in [-0.4, -0.2) is 17.8 Å². The standard InChI is InChI=1S/C18H22ClNO/c1-18(2,3)16(10-11-19)20-17(21)15-9-8-13-6-4-5-7-14(13)12-15/h4-9,12,16H,10-11H2,1-3H3,(H,20,21). The molecule has 21 heavy (non-hydrogen) atoms. The van der Waals surface area contributed by atoms with Crippen molar-refractivity contribution >= 4 is 28.3 Å². The number of fused-ring (bicyclic) bond motifs is 1. The van der Waals surface area contributed by atoms with Crippen molar-refractivity contribution in [3.63, 3.8) is 0 Å². The van der Waals surface area contributed by atoms with E-state index in [9.17, 15) is 4.79 Å². The smallest absolute Gasteiger partial charge is 0.251 e. The Morgan fingerprint density at radius 3 is 2.43 bits per heavy atom. The third-order valence-corrected chi connectivity index (χ3v) is 3.98. The van der Waals surface area contributed by atoms with Gasteiger partial charge in [0, 0.05) is 17.5 Å². The first kappa shape index (κ1) is 15.8. The monoisotopic (exact) mass is 303 g/mol. The van der Waals surface area contributed by atoms with E-state index in [2.05, 4.69) is 26.1 Å². The van der Waals surface area contributed by atoms with Gasteiger partial charge in [0.2, 0.25) is 0 Å². The Labute approximate surface area is 131 Å². The summed E-state index contributed by atoms with van der Waals surface area (Å²) in [5.41, 5.74) is 0.680. The van der Waals surface area contributed by atoms with Gasteiger partial charge in [-0.05, 0) is 34.7 Å². The van der Waals surface area contributed by atoms with E-state index >= 15 is 0 Å². The molecule has 0 aliphatic carbocycles. The molecule has 0 aliphatic heterocycles. The number of rotatable bonds is 4. The first-order valence-corrected chi connectivity index (χ1v) is 7.81. The number of hydrogen-bond acceptors (Lipinski definition) is 1. The molecule has 1 N–H and O–H groups in total. The van der Waals surface area contributed by atoms with Gasteiger partial charge in [0.05, 0.1) is 0 Å². The molecule has 1 amide bonds. The summed E-state index contributed by atoms with van der Waals surface area (Å²) in [7, 11) is 0. The summed E-state index contributed by atoms with van der Waals surface area (Å²) in [6, 6.07) is 13.9. The van der Waals surface area contributed by atoms with Gasteiger partial charge in [-0.25, -0.2) is 0 Å². The van der Waals surface area contributed by atoms with Crippen LogP contribution >= 0.6 is 11.6 Å². The number of amides is 1. The Kier molecular flexibility index (Phi) is 4.89. The predicted molar refractivity (Wildman–Crippen MR) is 90.0 cm³/mol. The fraction of sp³-hybridized carbons (Fsp3) is 0.389. The third kappa shape index (κ3) is 3.98. The molecule has 0 aromatic heterocycles. The van der Waals surface area contributed by atoms with E-state index < -0.39 is 0 Å². The van der Waals surface area contributed by atoms with Crippen molar-refractivity contribution in [1.82, 2.24) is 5.32 Å². The van der Waals surface area contributed by atoms with Crippen molar-refractivity contribution in [1.29, 1.82) is 0 Å². The summed E-state index contributed by atoms with van der Waals surface area (Å²) >= 11 is 5.86. The lowest BCUT2D eigenvalue weighted by Gasteiger charge is -2.31. The van der Waals surface area contributed by atoms with Gasteiger partial charge in [-0.3, -0.25) is 4.79 Å². The highest BCUT2D eigenvalue weighted by Gasteiger charge is 2.26. The number of carbonyl (C=O) groups excluding carboxylic acids is 1. The molecule has 2 aromatic carbocycles. The van der Waals surface area contributed by atoms with Crippen LogP contribution in [0.25, 0.3) is 10.8 Å². The number of alkyl halides is 1. The molecule has 0 bridgehead atoms. The molecule has 0 aliphatic rings. The van der Waals surface area contributed by atoms with Gasteiger partial charge in [-0.15, -0.1) is 11.6 Å². The van der Waals surface area contributed by atoms with E-state index in [0.717, 1.165) is 17.2 Å². The summed E-state index contributed by atoms with van der Waals surface area (Å²) in [4.78, 5) is 12.5. The summed E-state index contributed by atoms with van der Waals surface area (Å²) < 4.78 is 0. The molecule has 0 heterocycles. The van der Waals surface area contributed by atoms with Crippen LogP contribution in [-0.2, 0) is 0 Å². The first-order chi connectivity index (χ1) is 9.91. The van der Waals surface area contributed by atoms with Gasteiger partial charge < -0.3 is 5.32 Å². The van der Waals surface area contributed by atoms with Crippen LogP contribution in [0.3, 0.4) is 0 Å². The minimum atomic E-state index is -0.0363. The zero-order chi connectivity index (χ0) is 15.5. The topological polar surface area (TPSA) is 29.1 Å². The molecule has 0 saturated carbocycles. The van der Waals surface area contributed by atoms with Crippen molar-refractivity contribution in [2.24, 2.45) is 5.41 Å². The zero-order valence-corrected chi connectivity index (χ0v) is 13.6. The van der Waals surface area contributed by atoms with Crippen LogP contribution in [0.4, 0.5) is 0 Å². The largest absolute Gasteiger partial charge is 0.349 e. The second kappa shape index (κ2) is 6.48. The molecule has 0 saturated heterocycles. The number of carbonyl (C=O) groups is 1. The van der Waals surface area contributed by atoms with E-state index in [1.807, 2.05) is 42.5 Å². The van der Waals surface area contributed by atoms with Gasteiger partial charge in [0.25, 0.3) is 5.91 Å². The maximum atomic E-state index is 12.5. The summed E-state index contributed by atoms with van der Waals surface area (Å²) in [5.74, 6) is 0.505. The molecule has 2 aromatic rings. The van der Waals surface area contributed by atoms with E-state index in [0.29, 0.717) is 11.4 Å². The van der Waals surface area contributed by atoms with Gasteiger partial charge in [0.15, 0.2) is 0 Å². The minimum absolute atomic E-state index is 0.0125. The highest BCUT2D eigenvalue weighted by Crippen LogP contribution is 2.23. The summed E-state index contributed by atoms with van der Waals surface area (Å²) in [5, 5.41) is 5.33. The normalized spacial score (nSPS) is 13.1. The van der Waals surface area contributed by atoms with Crippen molar-refractivity contribution in [3.8, 4) is 0 Å². The molecule has 1 unspecified atom stereocenters. The lowest BCUT2D eigenvalue weighted by atomic mass is 9.85. The second-order valence-electron chi connectivity index (χ2n) is 6.43. The van der Waals surface area contributed by atoms with Crippen molar-refractivity contribution in [2.75, 3.05) is 5.88 Å². The van der Waals surface area contributed by atoms with Crippen LogP contribution in [0, 0.1) is 5.41 Å². The van der Waals surface area contributed by atoms with Gasteiger partial charge in [-0.1, -0.05) is 51.1 Å². The average Bonchev–Trinajstić information content (AvgIpc) is 2.45. The van der Waals surface area contributed by atoms with Crippen molar-refractivity contribution in [3.05, 3.63) is 48.0 Å². The molecule has 2 rings (SSSR count). The maximum absolute atomic E-state index is 12.5. The van der Waals surface area contributed by atoms with Crippen LogP contribution in [0.2, 0.25) is 0 Å². The average molecular weight is 304 g/mol. The Morgan fingerprint density at radius 2 is 1.81 bits per heavy atom. The van der Waals surface area contributed by atoms with Crippen molar-refractivity contribution < 1.29 is 4.79 Å². The Balaban J connectivity index is 2.21. The van der Waals surface area contributed by atoms with Crippen LogP contribution < -0.4 is 5.32 Å². The summed E-state index contributed by atoms with van der Waals surface area (Å²) in [6.07, 6.45) is 0.768. The Bertz CT molecular complexity index is 630. The SMILES string of the molecule is CC(C)(C)C(CCCl)NC(=O)c1ccc2ccccc2c1. The highest BCUT2D eigenvalue weighted by atomic mass is 35.5. The number of benzene rings is 2. The highest BCUT2D eigenvalue weighted by molar-refractivity contribution is 6.17. The third-order valence-electron chi connectivity index (χ3n) is 3.76. The van der Waals surface area contributed by atoms with Crippen LogP contribution in [0.15, 0.2) is 42.5 Å². The van der Waals surface area contributed by atoms with E-state index in [1.54, 1.807) is 0 Å².